The first-order valence-electron chi connectivity index (χ1n) is 8.31. The molecular formula is C20H21FO4. The second-order valence-electron chi connectivity index (χ2n) is 6.71. The fourth-order valence-electron chi connectivity index (χ4n) is 3.01. The SMILES string of the molecule is CC(O)(c1cc(F)c(CC(=O)O)cc1OCc1ccccc1)C1CC1. The van der Waals surface area contributed by atoms with E-state index in [0.29, 0.717) is 11.3 Å². The smallest absolute Gasteiger partial charge is 0.307 e. The van der Waals surface area contributed by atoms with Gasteiger partial charge in [0.25, 0.3) is 0 Å². The van der Waals surface area contributed by atoms with Crippen LogP contribution in [-0.2, 0) is 23.4 Å². The molecule has 0 aromatic heterocycles. The third kappa shape index (κ3) is 3.99. The second kappa shape index (κ2) is 6.84. The Morgan fingerprint density at radius 2 is 1.96 bits per heavy atom. The number of carbonyl (C=O) groups is 1. The number of hydrogen-bond acceptors (Lipinski definition) is 3. The zero-order valence-electron chi connectivity index (χ0n) is 14.0. The monoisotopic (exact) mass is 344 g/mol. The number of halogens is 1. The van der Waals surface area contributed by atoms with Crippen LogP contribution in [0.3, 0.4) is 0 Å². The minimum atomic E-state index is -1.20. The predicted octanol–water partition coefficient (Wildman–Crippen LogP) is 3.65. The van der Waals surface area contributed by atoms with Crippen molar-refractivity contribution in [2.24, 2.45) is 5.92 Å². The molecule has 0 amide bonds. The summed E-state index contributed by atoms with van der Waals surface area (Å²) in [6.07, 6.45) is 1.33. The van der Waals surface area contributed by atoms with E-state index >= 15 is 0 Å². The van der Waals surface area contributed by atoms with Gasteiger partial charge in [-0.15, -0.1) is 0 Å². The van der Waals surface area contributed by atoms with Crippen LogP contribution < -0.4 is 4.74 Å². The van der Waals surface area contributed by atoms with Gasteiger partial charge in [0.2, 0.25) is 0 Å². The molecule has 1 saturated carbocycles. The fourth-order valence-corrected chi connectivity index (χ4v) is 3.01. The molecule has 2 N–H and O–H groups in total. The second-order valence-corrected chi connectivity index (χ2v) is 6.71. The maximum atomic E-state index is 14.3. The van der Waals surface area contributed by atoms with Gasteiger partial charge in [-0.3, -0.25) is 4.79 Å². The number of aliphatic carboxylic acids is 1. The Kier molecular flexibility index (Phi) is 4.77. The Labute approximate surface area is 145 Å². The molecule has 0 bridgehead atoms. The maximum Gasteiger partial charge on any atom is 0.307 e. The highest BCUT2D eigenvalue weighted by atomic mass is 19.1. The molecule has 25 heavy (non-hydrogen) atoms. The molecule has 5 heteroatoms. The average molecular weight is 344 g/mol. The van der Waals surface area contributed by atoms with Gasteiger partial charge in [-0.25, -0.2) is 4.39 Å². The van der Waals surface area contributed by atoms with E-state index in [9.17, 15) is 14.3 Å². The third-order valence-electron chi connectivity index (χ3n) is 4.65. The standard InChI is InChI=1S/C20H21FO4/c1-20(24,15-7-8-15)16-11-17(21)14(10-19(22)23)9-18(16)25-12-13-5-3-2-4-6-13/h2-6,9,11,15,24H,7-8,10,12H2,1H3,(H,22,23). The molecule has 0 aliphatic heterocycles. The lowest BCUT2D eigenvalue weighted by molar-refractivity contribution is -0.136. The van der Waals surface area contributed by atoms with E-state index in [0.717, 1.165) is 18.4 Å². The maximum absolute atomic E-state index is 14.3. The Morgan fingerprint density at radius 1 is 1.28 bits per heavy atom. The molecule has 132 valence electrons. The summed E-state index contributed by atoms with van der Waals surface area (Å²) < 4.78 is 20.2. The predicted molar refractivity (Wildman–Crippen MR) is 90.8 cm³/mol. The largest absolute Gasteiger partial charge is 0.488 e. The van der Waals surface area contributed by atoms with Gasteiger partial charge in [0, 0.05) is 11.1 Å². The first-order chi connectivity index (χ1) is 11.9. The van der Waals surface area contributed by atoms with Gasteiger partial charge in [0.15, 0.2) is 0 Å². The molecule has 0 saturated heterocycles. The van der Waals surface area contributed by atoms with Crippen LogP contribution in [0.1, 0.15) is 36.5 Å². The van der Waals surface area contributed by atoms with E-state index in [1.54, 1.807) is 6.92 Å². The zero-order valence-corrected chi connectivity index (χ0v) is 14.0. The van der Waals surface area contributed by atoms with Gasteiger partial charge in [-0.1, -0.05) is 30.3 Å². The van der Waals surface area contributed by atoms with Crippen LogP contribution in [0.5, 0.6) is 5.75 Å². The van der Waals surface area contributed by atoms with Crippen molar-refractivity contribution in [3.63, 3.8) is 0 Å². The Hall–Kier alpha value is -2.40. The molecule has 0 spiro atoms. The third-order valence-corrected chi connectivity index (χ3v) is 4.65. The van der Waals surface area contributed by atoms with Crippen LogP contribution in [0.2, 0.25) is 0 Å². The van der Waals surface area contributed by atoms with Gasteiger partial charge in [-0.05, 0) is 43.4 Å². The summed E-state index contributed by atoms with van der Waals surface area (Å²) >= 11 is 0. The zero-order chi connectivity index (χ0) is 18.0. The molecular weight excluding hydrogens is 323 g/mol. The van der Waals surface area contributed by atoms with Crippen molar-refractivity contribution in [3.05, 3.63) is 65.0 Å². The molecule has 1 fully saturated rings. The average Bonchev–Trinajstić information content (AvgIpc) is 3.41. The van der Waals surface area contributed by atoms with Crippen molar-refractivity contribution in [3.8, 4) is 5.75 Å². The highest BCUT2D eigenvalue weighted by molar-refractivity contribution is 5.70. The lowest BCUT2D eigenvalue weighted by Crippen LogP contribution is -2.25. The number of benzene rings is 2. The fraction of sp³-hybridized carbons (Fsp3) is 0.350. The summed E-state index contributed by atoms with van der Waals surface area (Å²) in [6.45, 7) is 1.92. The first-order valence-corrected chi connectivity index (χ1v) is 8.31. The lowest BCUT2D eigenvalue weighted by atomic mass is 9.89. The van der Waals surface area contributed by atoms with Gasteiger partial charge >= 0.3 is 5.97 Å². The number of hydrogen-bond donors (Lipinski definition) is 2. The molecule has 2 aromatic rings. The Bertz CT molecular complexity index is 767. The van der Waals surface area contributed by atoms with Crippen LogP contribution in [0.15, 0.2) is 42.5 Å². The topological polar surface area (TPSA) is 66.8 Å². The highest BCUT2D eigenvalue weighted by Gasteiger charge is 2.43. The van der Waals surface area contributed by atoms with Crippen molar-refractivity contribution in [1.82, 2.24) is 0 Å². The summed E-state index contributed by atoms with van der Waals surface area (Å²) in [7, 11) is 0. The van der Waals surface area contributed by atoms with Crippen molar-refractivity contribution < 1.29 is 24.1 Å². The van der Waals surface area contributed by atoms with Crippen LogP contribution in [-0.4, -0.2) is 16.2 Å². The van der Waals surface area contributed by atoms with Gasteiger partial charge in [0.05, 0.1) is 12.0 Å². The first kappa shape index (κ1) is 17.4. The van der Waals surface area contributed by atoms with Gasteiger partial charge in [0.1, 0.15) is 18.2 Å². The summed E-state index contributed by atoms with van der Waals surface area (Å²) in [4.78, 5) is 11.0. The minimum Gasteiger partial charge on any atom is -0.488 e. The van der Waals surface area contributed by atoms with Gasteiger partial charge in [-0.2, -0.15) is 0 Å². The van der Waals surface area contributed by atoms with Crippen LogP contribution >= 0.6 is 0 Å². The van der Waals surface area contributed by atoms with Crippen molar-refractivity contribution in [2.75, 3.05) is 0 Å². The molecule has 0 heterocycles. The quantitative estimate of drug-likeness (QED) is 0.805. The number of rotatable bonds is 7. The van der Waals surface area contributed by atoms with E-state index in [4.69, 9.17) is 9.84 Å². The minimum absolute atomic E-state index is 0.0471. The number of ether oxygens (including phenoxy) is 1. The lowest BCUT2D eigenvalue weighted by Gasteiger charge is -2.27. The molecule has 4 nitrogen and oxygen atoms in total. The van der Waals surface area contributed by atoms with Crippen molar-refractivity contribution >= 4 is 5.97 Å². The number of carboxylic acid groups (broad SMARTS) is 1. The molecule has 1 unspecified atom stereocenters. The molecule has 1 aliphatic rings. The molecule has 0 radical (unpaired) electrons. The Balaban J connectivity index is 1.94. The summed E-state index contributed by atoms with van der Waals surface area (Å²) in [6, 6.07) is 12.1. The van der Waals surface area contributed by atoms with Crippen LogP contribution in [0.4, 0.5) is 4.39 Å². The van der Waals surface area contributed by atoms with E-state index in [-0.39, 0.29) is 18.1 Å². The van der Waals surface area contributed by atoms with E-state index in [1.165, 1.54) is 12.1 Å². The van der Waals surface area contributed by atoms with E-state index < -0.39 is 23.8 Å². The van der Waals surface area contributed by atoms with Crippen LogP contribution in [0, 0.1) is 11.7 Å². The molecule has 2 aromatic carbocycles. The van der Waals surface area contributed by atoms with E-state index in [1.807, 2.05) is 30.3 Å². The van der Waals surface area contributed by atoms with E-state index in [2.05, 4.69) is 0 Å². The molecule has 3 rings (SSSR count). The molecule has 1 aliphatic carbocycles. The van der Waals surface area contributed by atoms with Crippen molar-refractivity contribution in [1.29, 1.82) is 0 Å². The van der Waals surface area contributed by atoms with Gasteiger partial charge < -0.3 is 14.9 Å². The summed E-state index contributed by atoms with van der Waals surface area (Å²) in [5.74, 6) is -1.35. The van der Waals surface area contributed by atoms with Crippen LogP contribution in [0.25, 0.3) is 0 Å². The summed E-state index contributed by atoms with van der Waals surface area (Å²) in [5.41, 5.74) is 0.154. The Morgan fingerprint density at radius 3 is 2.56 bits per heavy atom. The summed E-state index contributed by atoms with van der Waals surface area (Å²) in [5, 5.41) is 19.8. The van der Waals surface area contributed by atoms with Crippen molar-refractivity contribution in [2.45, 2.75) is 38.4 Å². The normalized spacial score (nSPS) is 16.3. The number of aliphatic hydroxyl groups is 1. The molecule has 1 atom stereocenters. The number of carboxylic acids is 1. The highest BCUT2D eigenvalue weighted by Crippen LogP contribution is 2.48.